The number of carbonyl (C=O) groups excluding carboxylic acids is 1. The number of hydrogen-bond acceptors (Lipinski definition) is 5. The van der Waals surface area contributed by atoms with Crippen LogP contribution in [0, 0.1) is 0 Å². The highest BCUT2D eigenvalue weighted by molar-refractivity contribution is 7.20. The SMILES string of the molecule is CCOc1ccc(C(=O)CCl)c2sc(OC(C)C)nc12. The zero-order valence-electron chi connectivity index (χ0n) is 11.6. The Balaban J connectivity index is 2.57. The monoisotopic (exact) mass is 313 g/mol. The van der Waals surface area contributed by atoms with Crippen molar-refractivity contribution in [1.82, 2.24) is 4.98 Å². The number of alkyl halides is 1. The summed E-state index contributed by atoms with van der Waals surface area (Å²) in [5.74, 6) is 0.476. The Morgan fingerprint density at radius 3 is 2.80 bits per heavy atom. The fourth-order valence-electron chi connectivity index (χ4n) is 1.78. The molecule has 0 bridgehead atoms. The predicted octanol–water partition coefficient (Wildman–Crippen LogP) is 3.90. The lowest BCUT2D eigenvalue weighted by Gasteiger charge is -2.05. The van der Waals surface area contributed by atoms with E-state index in [1.807, 2.05) is 20.8 Å². The minimum Gasteiger partial charge on any atom is -0.492 e. The van der Waals surface area contributed by atoms with Gasteiger partial charge in [0.05, 0.1) is 23.3 Å². The molecule has 1 heterocycles. The van der Waals surface area contributed by atoms with E-state index in [4.69, 9.17) is 21.1 Å². The van der Waals surface area contributed by atoms with Crippen molar-refractivity contribution in [2.45, 2.75) is 26.9 Å². The number of ketones is 1. The number of halogens is 1. The first kappa shape index (κ1) is 15.1. The molecule has 0 aliphatic heterocycles. The number of Topliss-reactive ketones (excluding diaryl/α,β-unsaturated/α-hetero) is 1. The number of carbonyl (C=O) groups is 1. The van der Waals surface area contributed by atoms with Crippen LogP contribution in [0.5, 0.6) is 10.9 Å². The third kappa shape index (κ3) is 3.04. The van der Waals surface area contributed by atoms with E-state index in [9.17, 15) is 4.79 Å². The lowest BCUT2D eigenvalue weighted by molar-refractivity contribution is 0.102. The molecule has 0 aliphatic carbocycles. The minimum absolute atomic E-state index is 0.0262. The summed E-state index contributed by atoms with van der Waals surface area (Å²) in [5.41, 5.74) is 1.22. The third-order valence-corrected chi connectivity index (χ3v) is 3.77. The molecule has 0 amide bonds. The van der Waals surface area contributed by atoms with Crippen LogP contribution in [0.15, 0.2) is 12.1 Å². The molecule has 0 unspecified atom stereocenters. The molecule has 0 spiro atoms. The molecule has 108 valence electrons. The van der Waals surface area contributed by atoms with E-state index in [0.717, 1.165) is 4.70 Å². The van der Waals surface area contributed by atoms with Crippen LogP contribution in [0.3, 0.4) is 0 Å². The molecule has 20 heavy (non-hydrogen) atoms. The zero-order chi connectivity index (χ0) is 14.7. The normalized spacial score (nSPS) is 11.1. The van der Waals surface area contributed by atoms with Crippen LogP contribution in [0.25, 0.3) is 10.2 Å². The van der Waals surface area contributed by atoms with Crippen molar-refractivity contribution in [2.24, 2.45) is 0 Å². The predicted molar refractivity (Wildman–Crippen MR) is 81.6 cm³/mol. The van der Waals surface area contributed by atoms with Crippen LogP contribution >= 0.6 is 22.9 Å². The van der Waals surface area contributed by atoms with Gasteiger partial charge in [-0.05, 0) is 32.9 Å². The van der Waals surface area contributed by atoms with Gasteiger partial charge in [0.25, 0.3) is 5.19 Å². The van der Waals surface area contributed by atoms with E-state index in [-0.39, 0.29) is 17.8 Å². The number of ether oxygens (including phenoxy) is 2. The summed E-state index contributed by atoms with van der Waals surface area (Å²) in [6.45, 7) is 6.30. The molecular formula is C14H16ClNO3S. The number of nitrogens with zero attached hydrogens (tertiary/aromatic N) is 1. The van der Waals surface area contributed by atoms with Gasteiger partial charge >= 0.3 is 0 Å². The first-order valence-electron chi connectivity index (χ1n) is 6.39. The summed E-state index contributed by atoms with van der Waals surface area (Å²) in [4.78, 5) is 16.3. The summed E-state index contributed by atoms with van der Waals surface area (Å²) in [6.07, 6.45) is 0.0262. The molecule has 6 heteroatoms. The average Bonchev–Trinajstić information content (AvgIpc) is 2.81. The molecule has 0 saturated carbocycles. The molecule has 4 nitrogen and oxygen atoms in total. The number of aromatic nitrogens is 1. The van der Waals surface area contributed by atoms with E-state index >= 15 is 0 Å². The quantitative estimate of drug-likeness (QED) is 0.599. The van der Waals surface area contributed by atoms with Crippen molar-refractivity contribution in [3.05, 3.63) is 17.7 Å². The highest BCUT2D eigenvalue weighted by Gasteiger charge is 2.18. The van der Waals surface area contributed by atoms with Crippen molar-refractivity contribution >= 4 is 38.9 Å². The van der Waals surface area contributed by atoms with Crippen molar-refractivity contribution in [3.63, 3.8) is 0 Å². The van der Waals surface area contributed by atoms with Crippen LogP contribution in [0.2, 0.25) is 0 Å². The molecule has 0 aliphatic rings. The zero-order valence-corrected chi connectivity index (χ0v) is 13.2. The van der Waals surface area contributed by atoms with Gasteiger partial charge < -0.3 is 9.47 Å². The number of benzene rings is 1. The first-order valence-corrected chi connectivity index (χ1v) is 7.74. The van der Waals surface area contributed by atoms with E-state index < -0.39 is 0 Å². The Bertz CT molecular complexity index is 624. The van der Waals surface area contributed by atoms with Gasteiger partial charge in [0.15, 0.2) is 5.78 Å². The van der Waals surface area contributed by atoms with Crippen molar-refractivity contribution in [3.8, 4) is 10.9 Å². The molecular weight excluding hydrogens is 298 g/mol. The van der Waals surface area contributed by atoms with E-state index in [1.165, 1.54) is 11.3 Å². The maximum Gasteiger partial charge on any atom is 0.274 e. The maximum absolute atomic E-state index is 11.9. The first-order chi connectivity index (χ1) is 9.56. The van der Waals surface area contributed by atoms with Crippen LogP contribution in [-0.2, 0) is 0 Å². The number of thiazole rings is 1. The summed E-state index contributed by atoms with van der Waals surface area (Å²) >= 11 is 6.99. The summed E-state index contributed by atoms with van der Waals surface area (Å²) in [5, 5.41) is 0.533. The lowest BCUT2D eigenvalue weighted by Crippen LogP contribution is -2.04. The second kappa shape index (κ2) is 6.41. The van der Waals surface area contributed by atoms with Gasteiger partial charge in [-0.3, -0.25) is 4.79 Å². The Kier molecular flexibility index (Phi) is 4.83. The smallest absolute Gasteiger partial charge is 0.274 e. The molecule has 1 aromatic heterocycles. The highest BCUT2D eigenvalue weighted by Crippen LogP contribution is 2.37. The lowest BCUT2D eigenvalue weighted by atomic mass is 10.1. The highest BCUT2D eigenvalue weighted by atomic mass is 35.5. The Morgan fingerprint density at radius 1 is 1.45 bits per heavy atom. The van der Waals surface area contributed by atoms with Gasteiger partial charge in [-0.15, -0.1) is 11.6 Å². The molecule has 1 aromatic carbocycles. The topological polar surface area (TPSA) is 48.4 Å². The van der Waals surface area contributed by atoms with Crippen LogP contribution in [-0.4, -0.2) is 29.4 Å². The summed E-state index contributed by atoms with van der Waals surface area (Å²) < 4.78 is 11.9. The largest absolute Gasteiger partial charge is 0.492 e. The average molecular weight is 314 g/mol. The Hall–Kier alpha value is -1.33. The minimum atomic E-state index is -0.125. The standard InChI is InChI=1S/C14H16ClNO3S/c1-4-18-11-6-5-9(10(17)7-15)13-12(11)16-14(20-13)19-8(2)3/h5-6,8H,4,7H2,1-3H3. The van der Waals surface area contributed by atoms with E-state index in [1.54, 1.807) is 12.1 Å². The number of fused-ring (bicyclic) bond motifs is 1. The second-order valence-corrected chi connectivity index (χ2v) is 5.65. The Morgan fingerprint density at radius 2 is 2.20 bits per heavy atom. The van der Waals surface area contributed by atoms with Gasteiger partial charge in [0, 0.05) is 5.56 Å². The summed E-state index contributed by atoms with van der Waals surface area (Å²) in [6, 6.07) is 3.49. The fraction of sp³-hybridized carbons (Fsp3) is 0.429. The van der Waals surface area contributed by atoms with Crippen LogP contribution in [0.4, 0.5) is 0 Å². The van der Waals surface area contributed by atoms with Gasteiger partial charge in [0.1, 0.15) is 11.3 Å². The van der Waals surface area contributed by atoms with Gasteiger partial charge in [-0.1, -0.05) is 11.3 Å². The molecule has 0 fully saturated rings. The summed E-state index contributed by atoms with van der Waals surface area (Å²) in [7, 11) is 0. The van der Waals surface area contributed by atoms with Crippen LogP contribution < -0.4 is 9.47 Å². The molecule has 0 radical (unpaired) electrons. The molecule has 0 N–H and O–H groups in total. The maximum atomic E-state index is 11.9. The van der Waals surface area contributed by atoms with Gasteiger partial charge in [-0.25, -0.2) is 0 Å². The van der Waals surface area contributed by atoms with E-state index in [0.29, 0.717) is 28.6 Å². The van der Waals surface area contributed by atoms with Crippen LogP contribution in [0.1, 0.15) is 31.1 Å². The van der Waals surface area contributed by atoms with Crippen molar-refractivity contribution < 1.29 is 14.3 Å². The van der Waals surface area contributed by atoms with E-state index in [2.05, 4.69) is 4.98 Å². The second-order valence-electron chi connectivity index (χ2n) is 4.43. The Labute approximate surface area is 126 Å². The van der Waals surface area contributed by atoms with Gasteiger partial charge in [-0.2, -0.15) is 4.98 Å². The molecule has 0 saturated heterocycles. The van der Waals surface area contributed by atoms with Gasteiger partial charge in [0.2, 0.25) is 0 Å². The molecule has 2 rings (SSSR count). The number of hydrogen-bond donors (Lipinski definition) is 0. The molecule has 2 aromatic rings. The van der Waals surface area contributed by atoms with Crippen molar-refractivity contribution in [2.75, 3.05) is 12.5 Å². The molecule has 0 atom stereocenters. The third-order valence-electron chi connectivity index (χ3n) is 2.55. The number of rotatable bonds is 6. The van der Waals surface area contributed by atoms with Crippen molar-refractivity contribution in [1.29, 1.82) is 0 Å². The fourth-order valence-corrected chi connectivity index (χ4v) is 3.01.